The Morgan fingerprint density at radius 2 is 2.04 bits per heavy atom. The lowest BCUT2D eigenvalue weighted by atomic mass is 9.85. The fraction of sp³-hybridized carbons (Fsp3) is 0.267. The summed E-state index contributed by atoms with van der Waals surface area (Å²) in [5.74, 6) is 0. The predicted molar refractivity (Wildman–Crippen MR) is 95.1 cm³/mol. The molecule has 0 aliphatic carbocycles. The molecule has 3 aromatic rings. The molecule has 0 saturated carbocycles. The van der Waals surface area contributed by atoms with Gasteiger partial charge in [0.25, 0.3) is 5.56 Å². The quantitative estimate of drug-likeness (QED) is 0.759. The van der Waals surface area contributed by atoms with E-state index in [1.807, 2.05) is 12.1 Å². The molecule has 0 amide bonds. The van der Waals surface area contributed by atoms with Crippen LogP contribution in [0.1, 0.15) is 19.4 Å². The number of fused-ring (bicyclic) bond motifs is 1. The summed E-state index contributed by atoms with van der Waals surface area (Å²) in [5, 5.41) is 9.23. The van der Waals surface area contributed by atoms with Gasteiger partial charge in [-0.25, -0.2) is 4.98 Å². The second-order valence-electron chi connectivity index (χ2n) is 5.75. The molecular weight excluding hydrogens is 355 g/mol. The van der Waals surface area contributed by atoms with Crippen molar-refractivity contribution in [1.29, 1.82) is 0 Å². The first-order valence-corrected chi connectivity index (χ1v) is 8.48. The number of hydrogen-bond acceptors (Lipinski definition) is 5. The second kappa shape index (κ2) is 6.11. The van der Waals surface area contributed by atoms with Crippen molar-refractivity contribution in [3.05, 3.63) is 56.4 Å². The molecule has 2 heterocycles. The maximum absolute atomic E-state index is 11.7. The molecule has 0 fully saturated rings. The van der Waals surface area contributed by atoms with Gasteiger partial charge in [0.15, 0.2) is 0 Å². The van der Waals surface area contributed by atoms with E-state index in [4.69, 9.17) is 23.2 Å². The summed E-state index contributed by atoms with van der Waals surface area (Å²) in [6.45, 7) is 4.81. The summed E-state index contributed by atoms with van der Waals surface area (Å²) in [6, 6.07) is 7.01. The first-order chi connectivity index (χ1) is 10.9. The Hall–Kier alpha value is -1.63. The molecule has 0 radical (unpaired) electrons. The van der Waals surface area contributed by atoms with Crippen LogP contribution in [-0.2, 0) is 5.41 Å². The maximum Gasteiger partial charge on any atom is 0.275 e. The number of hydrogen-bond donors (Lipinski definition) is 1. The van der Waals surface area contributed by atoms with Crippen LogP contribution in [0.2, 0.25) is 10.0 Å². The van der Waals surface area contributed by atoms with Crippen LogP contribution in [0, 0.1) is 0 Å². The summed E-state index contributed by atoms with van der Waals surface area (Å²) >= 11 is 13.4. The molecule has 1 aromatic carbocycles. The fourth-order valence-electron chi connectivity index (χ4n) is 2.13. The van der Waals surface area contributed by atoms with Gasteiger partial charge in [-0.2, -0.15) is 4.52 Å². The van der Waals surface area contributed by atoms with Gasteiger partial charge in [0, 0.05) is 24.2 Å². The summed E-state index contributed by atoms with van der Waals surface area (Å²) < 4.78 is 1.29. The van der Waals surface area contributed by atoms with E-state index in [0.717, 1.165) is 5.56 Å². The van der Waals surface area contributed by atoms with Gasteiger partial charge in [-0.15, -0.1) is 5.10 Å². The van der Waals surface area contributed by atoms with Crippen LogP contribution in [0.5, 0.6) is 0 Å². The van der Waals surface area contributed by atoms with E-state index in [1.165, 1.54) is 28.1 Å². The largest absolute Gasteiger partial charge is 0.359 e. The van der Waals surface area contributed by atoms with Crippen molar-refractivity contribution < 1.29 is 0 Å². The van der Waals surface area contributed by atoms with Crippen molar-refractivity contribution in [3.63, 3.8) is 0 Å². The Labute approximate surface area is 146 Å². The zero-order valence-corrected chi connectivity index (χ0v) is 14.8. The molecule has 0 spiro atoms. The zero-order chi connectivity index (χ0) is 16.6. The molecule has 1 N–H and O–H groups in total. The highest BCUT2D eigenvalue weighted by Gasteiger charge is 2.22. The van der Waals surface area contributed by atoms with E-state index in [2.05, 4.69) is 29.2 Å². The Balaban J connectivity index is 1.81. The minimum Gasteiger partial charge on any atom is -0.359 e. The monoisotopic (exact) mass is 368 g/mol. The SMILES string of the molecule is CC(C)(CNc1nn2c(=O)ccnc2s1)c1ccc(Cl)c(Cl)c1. The van der Waals surface area contributed by atoms with Crippen molar-refractivity contribution in [1.82, 2.24) is 14.6 Å². The van der Waals surface area contributed by atoms with Crippen molar-refractivity contribution in [3.8, 4) is 0 Å². The van der Waals surface area contributed by atoms with Gasteiger partial charge >= 0.3 is 0 Å². The van der Waals surface area contributed by atoms with Crippen molar-refractivity contribution >= 4 is 44.6 Å². The molecule has 8 heteroatoms. The Morgan fingerprint density at radius 1 is 1.26 bits per heavy atom. The van der Waals surface area contributed by atoms with E-state index in [1.54, 1.807) is 6.07 Å². The second-order valence-corrected chi connectivity index (χ2v) is 7.52. The molecule has 23 heavy (non-hydrogen) atoms. The molecule has 3 rings (SSSR count). The summed E-state index contributed by atoms with van der Waals surface area (Å²) in [7, 11) is 0. The average Bonchev–Trinajstić information content (AvgIpc) is 2.93. The maximum atomic E-state index is 11.7. The number of halogens is 2. The Kier molecular flexibility index (Phi) is 4.31. The number of aromatic nitrogens is 3. The van der Waals surface area contributed by atoms with Crippen LogP contribution in [-0.4, -0.2) is 21.1 Å². The Bertz CT molecular complexity index is 919. The van der Waals surface area contributed by atoms with Crippen LogP contribution in [0.15, 0.2) is 35.3 Å². The number of nitrogens with one attached hydrogen (secondary N) is 1. The first-order valence-electron chi connectivity index (χ1n) is 6.91. The predicted octanol–water partition coefficient (Wildman–Crippen LogP) is 3.85. The topological polar surface area (TPSA) is 59.3 Å². The molecule has 0 unspecified atom stereocenters. The van der Waals surface area contributed by atoms with Gasteiger partial charge in [-0.3, -0.25) is 4.79 Å². The minimum atomic E-state index is -0.192. The molecule has 0 bridgehead atoms. The number of anilines is 1. The highest BCUT2D eigenvalue weighted by atomic mass is 35.5. The lowest BCUT2D eigenvalue weighted by Gasteiger charge is -2.25. The Morgan fingerprint density at radius 3 is 2.74 bits per heavy atom. The third kappa shape index (κ3) is 3.34. The number of benzene rings is 1. The minimum absolute atomic E-state index is 0.190. The normalized spacial score (nSPS) is 11.8. The highest BCUT2D eigenvalue weighted by molar-refractivity contribution is 7.20. The third-order valence-corrected chi connectivity index (χ3v) is 5.17. The summed E-state index contributed by atoms with van der Waals surface area (Å²) in [4.78, 5) is 16.4. The van der Waals surface area contributed by atoms with E-state index < -0.39 is 0 Å². The van der Waals surface area contributed by atoms with Crippen LogP contribution >= 0.6 is 34.5 Å². The van der Waals surface area contributed by atoms with Gasteiger partial charge in [0.05, 0.1) is 10.0 Å². The molecule has 5 nitrogen and oxygen atoms in total. The van der Waals surface area contributed by atoms with E-state index >= 15 is 0 Å². The lowest BCUT2D eigenvalue weighted by molar-refractivity contribution is 0.556. The molecule has 0 aliphatic rings. The van der Waals surface area contributed by atoms with E-state index in [-0.39, 0.29) is 11.0 Å². The van der Waals surface area contributed by atoms with Crippen molar-refractivity contribution in [2.24, 2.45) is 0 Å². The molecule has 0 aliphatic heterocycles. The number of nitrogens with zero attached hydrogens (tertiary/aromatic N) is 3. The fourth-order valence-corrected chi connectivity index (χ4v) is 3.20. The molecular formula is C15H14Cl2N4OS. The smallest absolute Gasteiger partial charge is 0.275 e. The van der Waals surface area contributed by atoms with Gasteiger partial charge in [0.2, 0.25) is 10.1 Å². The van der Waals surface area contributed by atoms with E-state index in [0.29, 0.717) is 26.7 Å². The summed E-state index contributed by atoms with van der Waals surface area (Å²) in [5.41, 5.74) is 0.684. The van der Waals surface area contributed by atoms with E-state index in [9.17, 15) is 4.79 Å². The van der Waals surface area contributed by atoms with Crippen LogP contribution in [0.25, 0.3) is 4.96 Å². The zero-order valence-electron chi connectivity index (χ0n) is 12.5. The molecule has 2 aromatic heterocycles. The number of rotatable bonds is 4. The molecule has 0 atom stereocenters. The third-order valence-electron chi connectivity index (χ3n) is 3.55. The average molecular weight is 369 g/mol. The van der Waals surface area contributed by atoms with Crippen LogP contribution < -0.4 is 10.9 Å². The highest BCUT2D eigenvalue weighted by Crippen LogP contribution is 2.30. The van der Waals surface area contributed by atoms with Crippen molar-refractivity contribution in [2.45, 2.75) is 19.3 Å². The van der Waals surface area contributed by atoms with Gasteiger partial charge in [-0.05, 0) is 17.7 Å². The van der Waals surface area contributed by atoms with Gasteiger partial charge in [0.1, 0.15) is 0 Å². The van der Waals surface area contributed by atoms with Gasteiger partial charge < -0.3 is 5.32 Å². The lowest BCUT2D eigenvalue weighted by Crippen LogP contribution is -2.27. The van der Waals surface area contributed by atoms with Gasteiger partial charge in [-0.1, -0.05) is 54.5 Å². The van der Waals surface area contributed by atoms with Crippen LogP contribution in [0.4, 0.5) is 5.13 Å². The molecule has 0 saturated heterocycles. The van der Waals surface area contributed by atoms with Crippen LogP contribution in [0.3, 0.4) is 0 Å². The van der Waals surface area contributed by atoms with Crippen molar-refractivity contribution in [2.75, 3.05) is 11.9 Å². The first kappa shape index (κ1) is 16.2. The standard InChI is InChI=1S/C15H14Cl2N4OS/c1-15(2,9-3-4-10(16)11(17)7-9)8-19-13-20-21-12(22)5-6-18-14(21)23-13/h3-7H,8H2,1-2H3,(H,19,20). The summed E-state index contributed by atoms with van der Waals surface area (Å²) in [6.07, 6.45) is 1.49. The molecule has 120 valence electrons.